The summed E-state index contributed by atoms with van der Waals surface area (Å²) in [6.07, 6.45) is 0. The van der Waals surface area contributed by atoms with E-state index in [2.05, 4.69) is 26.6 Å². The highest BCUT2D eigenvalue weighted by Crippen LogP contribution is 2.36. The zero-order chi connectivity index (χ0) is 23.7. The minimum Gasteiger partial charge on any atom is -0.451 e. The smallest absolute Gasteiger partial charge is 0.293 e. The minimum atomic E-state index is -0.454. The molecule has 34 heavy (non-hydrogen) atoms. The maximum atomic E-state index is 12.7. The van der Waals surface area contributed by atoms with Crippen LogP contribution in [0.4, 0.5) is 5.69 Å². The molecule has 0 aliphatic rings. The highest BCUT2D eigenvalue weighted by Gasteiger charge is 2.16. The van der Waals surface area contributed by atoms with Crippen molar-refractivity contribution in [2.75, 3.05) is 5.32 Å². The fourth-order valence-corrected chi connectivity index (χ4v) is 5.11. The van der Waals surface area contributed by atoms with E-state index < -0.39 is 5.91 Å². The fourth-order valence-electron chi connectivity index (χ4n) is 3.36. The van der Waals surface area contributed by atoms with Crippen LogP contribution in [0.1, 0.15) is 10.6 Å². The van der Waals surface area contributed by atoms with Crippen molar-refractivity contribution in [2.45, 2.75) is 0 Å². The quantitative estimate of drug-likeness (QED) is 0.217. The van der Waals surface area contributed by atoms with Gasteiger partial charge >= 0.3 is 0 Å². The molecule has 5 nitrogen and oxygen atoms in total. The molecule has 0 saturated carbocycles. The first kappa shape index (κ1) is 22.7. The molecule has 5 aromatic rings. The number of anilines is 1. The van der Waals surface area contributed by atoms with Gasteiger partial charge in [-0.15, -0.1) is 11.3 Å². The van der Waals surface area contributed by atoms with E-state index >= 15 is 0 Å². The number of rotatable bonds is 4. The van der Waals surface area contributed by atoms with Crippen LogP contribution >= 0.6 is 51.1 Å². The second-order valence-electron chi connectivity index (χ2n) is 7.26. The Balaban J connectivity index is 1.34. The number of carbonyl (C=O) groups is 1. The summed E-state index contributed by atoms with van der Waals surface area (Å²) < 4.78 is 7.71. The number of aromatic nitrogens is 1. The summed E-state index contributed by atoms with van der Waals surface area (Å²) >= 11 is 16.6. The fraction of sp³-hybridized carbons (Fsp3) is 0. The van der Waals surface area contributed by atoms with E-state index in [4.69, 9.17) is 33.2 Å². The minimum absolute atomic E-state index is 0.140. The number of hydrogen-bond donors (Lipinski definition) is 2. The van der Waals surface area contributed by atoms with E-state index in [1.165, 1.54) is 0 Å². The van der Waals surface area contributed by atoms with Gasteiger partial charge in [0.25, 0.3) is 5.91 Å². The Morgan fingerprint density at radius 2 is 1.88 bits per heavy atom. The van der Waals surface area contributed by atoms with Crippen LogP contribution in [-0.4, -0.2) is 16.0 Å². The number of amides is 1. The molecule has 1 amide bonds. The van der Waals surface area contributed by atoms with Crippen molar-refractivity contribution >= 4 is 78.0 Å². The lowest BCUT2D eigenvalue weighted by Crippen LogP contribution is -2.34. The Hall–Kier alpha value is -3.04. The van der Waals surface area contributed by atoms with E-state index in [0.29, 0.717) is 10.8 Å². The molecule has 0 bridgehead atoms. The van der Waals surface area contributed by atoms with Crippen LogP contribution in [-0.2, 0) is 0 Å². The molecule has 168 valence electrons. The number of furan rings is 1. The van der Waals surface area contributed by atoms with Crippen molar-refractivity contribution in [3.63, 3.8) is 0 Å². The average molecular weight is 569 g/mol. The van der Waals surface area contributed by atoms with E-state index in [1.54, 1.807) is 35.6 Å². The van der Waals surface area contributed by atoms with Gasteiger partial charge in [0.1, 0.15) is 10.8 Å². The van der Waals surface area contributed by atoms with Crippen LogP contribution in [0.2, 0.25) is 5.02 Å². The van der Waals surface area contributed by atoms with Gasteiger partial charge in [-0.2, -0.15) is 0 Å². The maximum Gasteiger partial charge on any atom is 0.293 e. The number of halogens is 2. The Morgan fingerprint density at radius 3 is 2.71 bits per heavy atom. The van der Waals surface area contributed by atoms with E-state index in [-0.39, 0.29) is 10.9 Å². The van der Waals surface area contributed by atoms with E-state index in [0.717, 1.165) is 36.5 Å². The molecule has 0 atom stereocenters. The van der Waals surface area contributed by atoms with Gasteiger partial charge in [-0.1, -0.05) is 51.8 Å². The number of nitrogens with one attached hydrogen (secondary N) is 2. The number of para-hydroxylation sites is 1. The number of benzene rings is 3. The molecule has 0 unspecified atom stereocenters. The number of thiocarbonyl (C=S) groups is 1. The highest BCUT2D eigenvalue weighted by atomic mass is 79.9. The lowest BCUT2D eigenvalue weighted by Gasteiger charge is -2.12. The number of fused-ring (bicyclic) bond motifs is 1. The molecule has 0 aliphatic heterocycles. The summed E-state index contributed by atoms with van der Waals surface area (Å²) in [6, 6.07) is 24.2. The molecular formula is C25H15BrClN3O2S2. The van der Waals surface area contributed by atoms with E-state index in [1.807, 2.05) is 54.6 Å². The molecule has 0 aliphatic carbocycles. The zero-order valence-corrected chi connectivity index (χ0v) is 21.3. The monoisotopic (exact) mass is 567 g/mol. The highest BCUT2D eigenvalue weighted by molar-refractivity contribution is 9.10. The molecule has 3 aromatic carbocycles. The molecule has 0 radical (unpaired) electrons. The van der Waals surface area contributed by atoms with Crippen LogP contribution in [0.5, 0.6) is 0 Å². The normalized spacial score (nSPS) is 10.9. The number of thiazole rings is 1. The van der Waals surface area contributed by atoms with Crippen LogP contribution in [0.3, 0.4) is 0 Å². The van der Waals surface area contributed by atoms with Crippen LogP contribution in [0.15, 0.2) is 87.8 Å². The Morgan fingerprint density at radius 1 is 1.03 bits per heavy atom. The van der Waals surface area contributed by atoms with Crippen molar-refractivity contribution in [1.82, 2.24) is 10.3 Å². The summed E-state index contributed by atoms with van der Waals surface area (Å²) in [4.78, 5) is 17.4. The molecule has 5 rings (SSSR count). The third-order valence-corrected chi connectivity index (χ3v) is 6.92. The number of hydrogen-bond acceptors (Lipinski definition) is 5. The Kier molecular flexibility index (Phi) is 6.47. The standard InChI is InChI=1S/C25H15BrClN3O2S2/c26-15-8-9-18(17(13-15)24-28-19-6-1-2-7-22(19)34-24)29-25(33)30-23(31)21-11-10-20(32-21)14-4-3-5-16(27)12-14/h1-13H,(H2,29,30,31,33). The summed E-state index contributed by atoms with van der Waals surface area (Å²) in [7, 11) is 0. The van der Waals surface area contributed by atoms with Gasteiger partial charge in [0, 0.05) is 20.6 Å². The number of nitrogens with zero attached hydrogens (tertiary/aromatic N) is 1. The zero-order valence-electron chi connectivity index (χ0n) is 17.3. The van der Waals surface area contributed by atoms with Crippen molar-refractivity contribution in [2.24, 2.45) is 0 Å². The first-order valence-electron chi connectivity index (χ1n) is 10.1. The summed E-state index contributed by atoms with van der Waals surface area (Å²) in [5.74, 6) is 0.225. The van der Waals surface area contributed by atoms with Gasteiger partial charge in [0.2, 0.25) is 0 Å². The van der Waals surface area contributed by atoms with Gasteiger partial charge in [-0.25, -0.2) is 4.98 Å². The number of carbonyl (C=O) groups excluding carboxylic acids is 1. The molecule has 2 N–H and O–H groups in total. The van der Waals surface area contributed by atoms with Crippen molar-refractivity contribution in [1.29, 1.82) is 0 Å². The topological polar surface area (TPSA) is 67.2 Å². The lowest BCUT2D eigenvalue weighted by molar-refractivity contribution is 0.0951. The largest absolute Gasteiger partial charge is 0.451 e. The predicted molar refractivity (Wildman–Crippen MR) is 146 cm³/mol. The first-order valence-corrected chi connectivity index (χ1v) is 12.5. The lowest BCUT2D eigenvalue weighted by atomic mass is 10.2. The molecule has 2 aromatic heterocycles. The van der Waals surface area contributed by atoms with Crippen molar-refractivity contribution in [3.05, 3.63) is 94.1 Å². The molecule has 0 saturated heterocycles. The predicted octanol–water partition coefficient (Wildman–Crippen LogP) is 7.77. The summed E-state index contributed by atoms with van der Waals surface area (Å²) in [5, 5.41) is 7.37. The molecular weight excluding hydrogens is 554 g/mol. The Labute approximate surface area is 217 Å². The van der Waals surface area contributed by atoms with Crippen molar-refractivity contribution in [3.8, 4) is 21.9 Å². The molecule has 0 spiro atoms. The SMILES string of the molecule is O=C(NC(=S)Nc1ccc(Br)cc1-c1nc2ccccc2s1)c1ccc(-c2cccc(Cl)c2)o1. The van der Waals surface area contributed by atoms with Crippen molar-refractivity contribution < 1.29 is 9.21 Å². The second kappa shape index (κ2) is 9.68. The third kappa shape index (κ3) is 4.90. The van der Waals surface area contributed by atoms with Crippen LogP contribution in [0, 0.1) is 0 Å². The summed E-state index contributed by atoms with van der Waals surface area (Å²) in [6.45, 7) is 0. The summed E-state index contributed by atoms with van der Waals surface area (Å²) in [5.41, 5.74) is 3.31. The van der Waals surface area contributed by atoms with Gasteiger partial charge in [0.15, 0.2) is 10.9 Å². The third-order valence-electron chi connectivity index (χ3n) is 4.92. The van der Waals surface area contributed by atoms with Crippen LogP contribution in [0.25, 0.3) is 32.1 Å². The molecule has 2 heterocycles. The van der Waals surface area contributed by atoms with E-state index in [9.17, 15) is 4.79 Å². The average Bonchev–Trinajstić information content (AvgIpc) is 3.48. The van der Waals surface area contributed by atoms with Gasteiger partial charge in [0.05, 0.1) is 15.9 Å². The van der Waals surface area contributed by atoms with Gasteiger partial charge in [-0.3, -0.25) is 10.1 Å². The first-order chi connectivity index (χ1) is 16.5. The maximum absolute atomic E-state index is 12.7. The molecule has 9 heteroatoms. The molecule has 0 fully saturated rings. The van der Waals surface area contributed by atoms with Gasteiger partial charge < -0.3 is 9.73 Å². The van der Waals surface area contributed by atoms with Crippen LogP contribution < -0.4 is 10.6 Å². The van der Waals surface area contributed by atoms with Gasteiger partial charge in [-0.05, 0) is 66.8 Å². The second-order valence-corrected chi connectivity index (χ2v) is 10.1. The Bertz CT molecular complexity index is 1510.